The highest BCUT2D eigenvalue weighted by Crippen LogP contribution is 2.31. The van der Waals surface area contributed by atoms with E-state index in [4.69, 9.17) is 0 Å². The fraction of sp³-hybridized carbons (Fsp3) is 0.600. The van der Waals surface area contributed by atoms with E-state index in [0.717, 1.165) is 12.6 Å². The quantitative estimate of drug-likeness (QED) is 0.857. The van der Waals surface area contributed by atoms with Gasteiger partial charge in [-0.25, -0.2) is 0 Å². The van der Waals surface area contributed by atoms with Crippen LogP contribution in [0.2, 0.25) is 0 Å². The summed E-state index contributed by atoms with van der Waals surface area (Å²) in [6, 6.07) is 5.80. The SMILES string of the molecule is FC(F)(F)c1ccccc1CNCC1CCCCC1. The molecule has 0 radical (unpaired) electrons. The average molecular weight is 271 g/mol. The van der Waals surface area contributed by atoms with Gasteiger partial charge in [-0.05, 0) is 36.9 Å². The first-order valence-electron chi connectivity index (χ1n) is 6.93. The average Bonchev–Trinajstić information content (AvgIpc) is 2.39. The van der Waals surface area contributed by atoms with Gasteiger partial charge in [0.15, 0.2) is 0 Å². The lowest BCUT2D eigenvalue weighted by atomic mass is 9.89. The molecule has 0 amide bonds. The van der Waals surface area contributed by atoms with Gasteiger partial charge in [-0.15, -0.1) is 0 Å². The Kier molecular flexibility index (Phi) is 4.86. The van der Waals surface area contributed by atoms with E-state index in [-0.39, 0.29) is 0 Å². The second kappa shape index (κ2) is 6.42. The van der Waals surface area contributed by atoms with Crippen molar-refractivity contribution in [2.24, 2.45) is 5.92 Å². The Morgan fingerprint density at radius 3 is 2.42 bits per heavy atom. The molecule has 4 heteroatoms. The highest BCUT2D eigenvalue weighted by molar-refractivity contribution is 5.29. The molecule has 0 spiro atoms. The van der Waals surface area contributed by atoms with Crippen LogP contribution in [0, 0.1) is 5.92 Å². The molecular formula is C15H20F3N. The largest absolute Gasteiger partial charge is 0.416 e. The molecule has 0 saturated heterocycles. The van der Waals surface area contributed by atoms with Crippen molar-refractivity contribution in [3.05, 3.63) is 35.4 Å². The maximum absolute atomic E-state index is 12.8. The molecule has 1 aromatic carbocycles. The maximum Gasteiger partial charge on any atom is 0.416 e. The molecule has 0 aliphatic heterocycles. The van der Waals surface area contributed by atoms with Gasteiger partial charge in [0.2, 0.25) is 0 Å². The van der Waals surface area contributed by atoms with Crippen molar-refractivity contribution in [2.45, 2.75) is 44.8 Å². The van der Waals surface area contributed by atoms with E-state index in [1.54, 1.807) is 12.1 Å². The zero-order valence-corrected chi connectivity index (χ0v) is 11.0. The minimum Gasteiger partial charge on any atom is -0.312 e. The fourth-order valence-electron chi connectivity index (χ4n) is 2.75. The van der Waals surface area contributed by atoms with Gasteiger partial charge >= 0.3 is 6.18 Å². The van der Waals surface area contributed by atoms with Crippen LogP contribution in [0.5, 0.6) is 0 Å². The molecule has 0 heterocycles. The first-order valence-corrected chi connectivity index (χ1v) is 6.93. The molecule has 2 rings (SSSR count). The van der Waals surface area contributed by atoms with Crippen molar-refractivity contribution in [3.8, 4) is 0 Å². The summed E-state index contributed by atoms with van der Waals surface area (Å²) in [7, 11) is 0. The molecule has 0 bridgehead atoms. The second-order valence-corrected chi connectivity index (χ2v) is 5.29. The number of alkyl halides is 3. The van der Waals surface area contributed by atoms with Crippen LogP contribution in [-0.2, 0) is 12.7 Å². The third-order valence-electron chi connectivity index (χ3n) is 3.80. The number of halogens is 3. The topological polar surface area (TPSA) is 12.0 Å². The molecule has 1 fully saturated rings. The summed E-state index contributed by atoms with van der Waals surface area (Å²) >= 11 is 0. The Morgan fingerprint density at radius 1 is 1.05 bits per heavy atom. The summed E-state index contributed by atoms with van der Waals surface area (Å²) in [6.07, 6.45) is 1.95. The molecule has 1 nitrogen and oxygen atoms in total. The Labute approximate surface area is 112 Å². The van der Waals surface area contributed by atoms with Gasteiger partial charge in [0, 0.05) is 6.54 Å². The van der Waals surface area contributed by atoms with Crippen LogP contribution < -0.4 is 5.32 Å². The van der Waals surface area contributed by atoms with Gasteiger partial charge in [0.25, 0.3) is 0 Å². The zero-order chi connectivity index (χ0) is 13.7. The molecule has 0 unspecified atom stereocenters. The highest BCUT2D eigenvalue weighted by Gasteiger charge is 2.32. The minimum absolute atomic E-state index is 0.298. The first-order chi connectivity index (χ1) is 9.07. The van der Waals surface area contributed by atoms with Crippen molar-refractivity contribution >= 4 is 0 Å². The van der Waals surface area contributed by atoms with Crippen LogP contribution in [0.15, 0.2) is 24.3 Å². The first kappa shape index (κ1) is 14.4. The zero-order valence-electron chi connectivity index (χ0n) is 11.0. The molecule has 1 N–H and O–H groups in total. The summed E-state index contributed by atoms with van der Waals surface area (Å²) < 4.78 is 38.4. The monoisotopic (exact) mass is 271 g/mol. The van der Waals surface area contributed by atoms with E-state index in [0.29, 0.717) is 18.0 Å². The molecule has 0 aromatic heterocycles. The van der Waals surface area contributed by atoms with E-state index in [1.165, 1.54) is 38.2 Å². The molecule has 19 heavy (non-hydrogen) atoms. The number of benzene rings is 1. The Hall–Kier alpha value is -1.03. The molecule has 0 atom stereocenters. The van der Waals surface area contributed by atoms with Gasteiger partial charge in [-0.3, -0.25) is 0 Å². The number of nitrogens with one attached hydrogen (secondary N) is 1. The van der Waals surface area contributed by atoms with E-state index in [9.17, 15) is 13.2 Å². The lowest BCUT2D eigenvalue weighted by Crippen LogP contribution is -2.25. The summed E-state index contributed by atoms with van der Waals surface area (Å²) in [4.78, 5) is 0. The highest BCUT2D eigenvalue weighted by atomic mass is 19.4. The van der Waals surface area contributed by atoms with Crippen LogP contribution in [0.3, 0.4) is 0 Å². The van der Waals surface area contributed by atoms with Crippen molar-refractivity contribution in [2.75, 3.05) is 6.54 Å². The maximum atomic E-state index is 12.8. The van der Waals surface area contributed by atoms with Crippen LogP contribution in [0.1, 0.15) is 43.2 Å². The van der Waals surface area contributed by atoms with Crippen molar-refractivity contribution in [1.82, 2.24) is 5.32 Å². The van der Waals surface area contributed by atoms with Gasteiger partial charge in [-0.1, -0.05) is 37.5 Å². The normalized spacial score (nSPS) is 17.6. The van der Waals surface area contributed by atoms with E-state index >= 15 is 0 Å². The number of hydrogen-bond acceptors (Lipinski definition) is 1. The van der Waals surface area contributed by atoms with Crippen molar-refractivity contribution in [3.63, 3.8) is 0 Å². The predicted octanol–water partition coefficient (Wildman–Crippen LogP) is 4.38. The second-order valence-electron chi connectivity index (χ2n) is 5.29. The third-order valence-corrected chi connectivity index (χ3v) is 3.80. The number of hydrogen-bond donors (Lipinski definition) is 1. The molecule has 1 saturated carbocycles. The van der Waals surface area contributed by atoms with Gasteiger partial charge in [0.1, 0.15) is 0 Å². The van der Waals surface area contributed by atoms with E-state index < -0.39 is 11.7 Å². The lowest BCUT2D eigenvalue weighted by Gasteiger charge is -2.22. The molecule has 1 aliphatic carbocycles. The summed E-state index contributed by atoms with van der Waals surface area (Å²) in [5, 5.41) is 3.18. The van der Waals surface area contributed by atoms with Crippen LogP contribution >= 0.6 is 0 Å². The molecular weight excluding hydrogens is 251 g/mol. The van der Waals surface area contributed by atoms with Crippen LogP contribution in [0.4, 0.5) is 13.2 Å². The van der Waals surface area contributed by atoms with Crippen LogP contribution in [0.25, 0.3) is 0 Å². The van der Waals surface area contributed by atoms with Gasteiger partial charge < -0.3 is 5.32 Å². The summed E-state index contributed by atoms with van der Waals surface area (Å²) in [5.74, 6) is 0.631. The molecule has 106 valence electrons. The Bertz CT molecular complexity index is 395. The minimum atomic E-state index is -4.26. The third kappa shape index (κ3) is 4.23. The standard InChI is InChI=1S/C15H20F3N/c16-15(17,18)14-9-5-4-8-13(14)11-19-10-12-6-2-1-3-7-12/h4-5,8-9,12,19H,1-3,6-7,10-11H2. The summed E-state index contributed by atoms with van der Waals surface area (Å²) in [6.45, 7) is 1.12. The van der Waals surface area contributed by atoms with E-state index in [1.807, 2.05) is 0 Å². The number of rotatable bonds is 4. The summed E-state index contributed by atoms with van der Waals surface area (Å²) in [5.41, 5.74) is -0.183. The Morgan fingerprint density at radius 2 is 1.74 bits per heavy atom. The predicted molar refractivity (Wildman–Crippen MR) is 69.7 cm³/mol. The molecule has 1 aliphatic rings. The molecule has 1 aromatic rings. The van der Waals surface area contributed by atoms with Crippen LogP contribution in [-0.4, -0.2) is 6.54 Å². The lowest BCUT2D eigenvalue weighted by molar-refractivity contribution is -0.138. The smallest absolute Gasteiger partial charge is 0.312 e. The van der Waals surface area contributed by atoms with E-state index in [2.05, 4.69) is 5.32 Å². The van der Waals surface area contributed by atoms with Crippen molar-refractivity contribution in [1.29, 1.82) is 0 Å². The van der Waals surface area contributed by atoms with Gasteiger partial charge in [0.05, 0.1) is 5.56 Å². The Balaban J connectivity index is 1.88. The fourth-order valence-corrected chi connectivity index (χ4v) is 2.75. The van der Waals surface area contributed by atoms with Gasteiger partial charge in [-0.2, -0.15) is 13.2 Å². The van der Waals surface area contributed by atoms with Crippen molar-refractivity contribution < 1.29 is 13.2 Å².